The van der Waals surface area contributed by atoms with E-state index in [1.54, 1.807) is 0 Å². The van der Waals surface area contributed by atoms with Gasteiger partial charge in [0.25, 0.3) is 0 Å². The number of ether oxygens (including phenoxy) is 3. The first-order valence-electron chi connectivity index (χ1n) is 22.1. The van der Waals surface area contributed by atoms with Gasteiger partial charge in [0.05, 0.1) is 0 Å². The van der Waals surface area contributed by atoms with E-state index >= 15 is 0 Å². The minimum absolute atomic E-state index is 0.158. The molecule has 0 heterocycles. The quantitative estimate of drug-likeness (QED) is 0.0206. The van der Waals surface area contributed by atoms with E-state index in [-0.39, 0.29) is 38.4 Å². The fourth-order valence-electron chi connectivity index (χ4n) is 4.94. The normalized spacial score (nSPS) is 13.6. The summed E-state index contributed by atoms with van der Waals surface area (Å²) in [6, 6.07) is 0. The van der Waals surface area contributed by atoms with Crippen LogP contribution in [0.2, 0.25) is 0 Å². The zero-order chi connectivity index (χ0) is 43.0. The molecule has 0 rings (SSSR count). The summed E-state index contributed by atoms with van der Waals surface area (Å²) in [5.74, 6) is -1.18. The molecule has 0 aromatic rings. The lowest BCUT2D eigenvalue weighted by atomic mass is 10.2. The third-order valence-corrected chi connectivity index (χ3v) is 8.15. The third-order valence-electron chi connectivity index (χ3n) is 8.15. The van der Waals surface area contributed by atoms with Crippen LogP contribution >= 0.6 is 0 Å². The van der Waals surface area contributed by atoms with Crippen LogP contribution in [0, 0.1) is 0 Å². The van der Waals surface area contributed by atoms with E-state index in [2.05, 4.69) is 112 Å². The minimum Gasteiger partial charge on any atom is -0.462 e. The highest BCUT2D eigenvalue weighted by Gasteiger charge is 2.19. The van der Waals surface area contributed by atoms with E-state index < -0.39 is 18.0 Å². The summed E-state index contributed by atoms with van der Waals surface area (Å²) in [5, 5.41) is 0. The maximum absolute atomic E-state index is 12.7. The number of esters is 3. The highest BCUT2D eigenvalue weighted by atomic mass is 16.6. The van der Waals surface area contributed by atoms with Gasteiger partial charge < -0.3 is 14.2 Å². The van der Waals surface area contributed by atoms with Crippen molar-refractivity contribution in [1.82, 2.24) is 0 Å². The molecule has 324 valence electrons. The van der Waals surface area contributed by atoms with E-state index in [0.29, 0.717) is 25.7 Å². The molecule has 59 heavy (non-hydrogen) atoms. The molecule has 0 spiro atoms. The molecule has 0 saturated carbocycles. The first-order valence-corrected chi connectivity index (χ1v) is 22.1. The van der Waals surface area contributed by atoms with E-state index in [1.165, 1.54) is 0 Å². The van der Waals surface area contributed by atoms with Crippen molar-refractivity contribution in [1.29, 1.82) is 0 Å². The van der Waals surface area contributed by atoms with Gasteiger partial charge in [-0.3, -0.25) is 14.4 Å². The summed E-state index contributed by atoms with van der Waals surface area (Å²) in [6.07, 6.45) is 66.8. The smallest absolute Gasteiger partial charge is 0.306 e. The lowest BCUT2D eigenvalue weighted by Crippen LogP contribution is -2.30. The molecule has 0 aliphatic rings. The van der Waals surface area contributed by atoms with Crippen molar-refractivity contribution >= 4 is 17.9 Å². The maximum atomic E-state index is 12.7. The van der Waals surface area contributed by atoms with Crippen LogP contribution in [0.3, 0.4) is 0 Å². The van der Waals surface area contributed by atoms with Crippen LogP contribution in [0.15, 0.2) is 158 Å². The molecule has 0 aromatic carbocycles. The summed E-state index contributed by atoms with van der Waals surface area (Å²) in [7, 11) is 0. The molecule has 1 unspecified atom stereocenters. The second kappa shape index (κ2) is 45.7. The summed E-state index contributed by atoms with van der Waals surface area (Å²) in [5.41, 5.74) is 0. The molecule has 0 amide bonds. The van der Waals surface area contributed by atoms with Crippen LogP contribution in [0.25, 0.3) is 0 Å². The van der Waals surface area contributed by atoms with Crippen LogP contribution in [0.1, 0.15) is 136 Å². The predicted octanol–water partition coefficient (Wildman–Crippen LogP) is 14.3. The Morgan fingerprint density at radius 3 is 1.22 bits per heavy atom. The average molecular weight is 809 g/mol. The Morgan fingerprint density at radius 2 is 0.729 bits per heavy atom. The lowest BCUT2D eigenvalue weighted by Gasteiger charge is -2.18. The van der Waals surface area contributed by atoms with Gasteiger partial charge >= 0.3 is 17.9 Å². The van der Waals surface area contributed by atoms with Crippen molar-refractivity contribution in [2.75, 3.05) is 13.2 Å². The van der Waals surface area contributed by atoms with E-state index in [1.807, 2.05) is 66.8 Å². The molecule has 0 aliphatic heterocycles. The summed E-state index contributed by atoms with van der Waals surface area (Å²) in [4.78, 5) is 37.7. The Bertz CT molecular complexity index is 1440. The summed E-state index contributed by atoms with van der Waals surface area (Å²) in [6.45, 7) is 6.04. The second-order valence-corrected chi connectivity index (χ2v) is 13.6. The maximum Gasteiger partial charge on any atom is 0.306 e. The summed E-state index contributed by atoms with van der Waals surface area (Å²) < 4.78 is 16.5. The fourth-order valence-corrected chi connectivity index (χ4v) is 4.94. The van der Waals surface area contributed by atoms with Crippen LogP contribution in [-0.2, 0) is 28.6 Å². The first-order chi connectivity index (χ1) is 29.0. The van der Waals surface area contributed by atoms with Crippen molar-refractivity contribution in [3.05, 3.63) is 158 Å². The molecule has 0 saturated heterocycles. The van der Waals surface area contributed by atoms with E-state index in [0.717, 1.165) is 70.6 Å². The van der Waals surface area contributed by atoms with Gasteiger partial charge in [0.15, 0.2) is 6.10 Å². The van der Waals surface area contributed by atoms with Crippen molar-refractivity contribution in [2.24, 2.45) is 0 Å². The Balaban J connectivity index is 4.71. The summed E-state index contributed by atoms with van der Waals surface area (Å²) >= 11 is 0. The molecule has 0 bridgehead atoms. The standard InChI is InChI=1S/C53H76O6/c1-4-7-10-13-16-19-22-25-26-27-29-31-34-37-40-43-46-52(55)58-49-50(48-57-51(54)45-42-39-36-33-30-24-21-18-15-12-9-6-3)59-53(56)47-44-41-38-35-32-28-23-20-17-14-11-8-5-2/h7-12,14,16-21,23,25-26,28-33,35,37-38,40,50H,4-6,13,15,22,24,27,34,36,39,41-49H2,1-3H3/b10-7-,11-8-,12-9-,17-14-,19-16-,21-18-,23-20-,26-25-,31-29-,32-28-,33-30-,38-35-,40-37-. The molecule has 0 N–H and O–H groups in total. The number of unbranched alkanes of at least 4 members (excludes halogenated alkanes) is 3. The van der Waals surface area contributed by atoms with Gasteiger partial charge in [-0.15, -0.1) is 0 Å². The zero-order valence-corrected chi connectivity index (χ0v) is 36.7. The van der Waals surface area contributed by atoms with E-state index in [4.69, 9.17) is 14.2 Å². The molecule has 6 nitrogen and oxygen atoms in total. The fraction of sp³-hybridized carbons (Fsp3) is 0.453. The molecule has 0 fully saturated rings. The Hall–Kier alpha value is -4.97. The van der Waals surface area contributed by atoms with E-state index in [9.17, 15) is 14.4 Å². The highest BCUT2D eigenvalue weighted by Crippen LogP contribution is 2.08. The molecule has 1 atom stereocenters. The van der Waals surface area contributed by atoms with Gasteiger partial charge in [-0.25, -0.2) is 0 Å². The van der Waals surface area contributed by atoms with Crippen LogP contribution in [0.4, 0.5) is 0 Å². The van der Waals surface area contributed by atoms with Gasteiger partial charge in [0, 0.05) is 19.3 Å². The lowest BCUT2D eigenvalue weighted by molar-refractivity contribution is -0.166. The van der Waals surface area contributed by atoms with Gasteiger partial charge in [-0.2, -0.15) is 0 Å². The number of allylic oxidation sites excluding steroid dienone is 26. The van der Waals surface area contributed by atoms with Crippen molar-refractivity contribution in [2.45, 2.75) is 142 Å². The monoisotopic (exact) mass is 809 g/mol. The molecule has 0 aliphatic carbocycles. The SMILES string of the molecule is CC\C=C/C=C\C=C/C=C\C=C/CCCC(=O)OC(COC(=O)CC/C=C\C/C=C\C/C=C\C/C=C\C/C=C\CC)COC(=O)CCCC/C=C\C/C=C\C/C=C\CC. The van der Waals surface area contributed by atoms with Crippen LogP contribution in [0.5, 0.6) is 0 Å². The van der Waals surface area contributed by atoms with Crippen LogP contribution < -0.4 is 0 Å². The van der Waals surface area contributed by atoms with Crippen LogP contribution in [-0.4, -0.2) is 37.2 Å². The second-order valence-electron chi connectivity index (χ2n) is 13.6. The third kappa shape index (κ3) is 44.0. The largest absolute Gasteiger partial charge is 0.462 e. The Labute approximate surface area is 359 Å². The topological polar surface area (TPSA) is 78.9 Å². The van der Waals surface area contributed by atoms with Crippen molar-refractivity contribution < 1.29 is 28.6 Å². The average Bonchev–Trinajstić information content (AvgIpc) is 3.23. The number of rotatable bonds is 36. The van der Waals surface area contributed by atoms with Crippen molar-refractivity contribution in [3.8, 4) is 0 Å². The minimum atomic E-state index is -0.866. The van der Waals surface area contributed by atoms with Crippen molar-refractivity contribution in [3.63, 3.8) is 0 Å². The molecular weight excluding hydrogens is 733 g/mol. The molecule has 0 radical (unpaired) electrons. The predicted molar refractivity (Wildman–Crippen MR) is 251 cm³/mol. The highest BCUT2D eigenvalue weighted by molar-refractivity contribution is 5.71. The van der Waals surface area contributed by atoms with Gasteiger partial charge in [-0.1, -0.05) is 179 Å². The number of hydrogen-bond donors (Lipinski definition) is 0. The van der Waals surface area contributed by atoms with Gasteiger partial charge in [-0.05, 0) is 96.3 Å². The molecule has 0 aromatic heterocycles. The molecule has 6 heteroatoms. The van der Waals surface area contributed by atoms with Gasteiger partial charge in [0.1, 0.15) is 13.2 Å². The first kappa shape index (κ1) is 54.0. The Kier molecular flexibility index (Phi) is 41.9. The Morgan fingerprint density at radius 1 is 0.356 bits per heavy atom. The number of carbonyl (C=O) groups is 3. The molecular formula is C53H76O6. The number of hydrogen-bond acceptors (Lipinski definition) is 6. The van der Waals surface area contributed by atoms with Gasteiger partial charge in [0.2, 0.25) is 0 Å². The zero-order valence-electron chi connectivity index (χ0n) is 36.7. The number of carbonyl (C=O) groups excluding carboxylic acids is 3.